The smallest absolute Gasteiger partial charge is 0.460 e. The first-order chi connectivity index (χ1) is 24.7. The largest absolute Gasteiger partial charge is 0.494 e. The lowest BCUT2D eigenvalue weighted by Crippen LogP contribution is -2.70. The molecule has 0 aliphatic heterocycles. The first-order valence-electron chi connectivity index (χ1n) is 17.0. The highest BCUT2D eigenvalue weighted by Gasteiger charge is 2.90. The van der Waals surface area contributed by atoms with Crippen LogP contribution >= 0.6 is 0 Å². The van der Waals surface area contributed by atoms with Gasteiger partial charge in [0.2, 0.25) is 0 Å². The Kier molecular flexibility index (Phi) is 14.9. The van der Waals surface area contributed by atoms with Crippen LogP contribution in [-0.2, 0) is 13.0 Å². The summed E-state index contributed by atoms with van der Waals surface area (Å²) in [6.45, 7) is 1.63. The molecule has 298 valence electrons. The number of halogens is 13. The minimum absolute atomic E-state index is 0.103. The molecule has 3 rings (SSSR count). The van der Waals surface area contributed by atoms with Crippen LogP contribution in [0.5, 0.6) is 11.5 Å². The van der Waals surface area contributed by atoms with E-state index in [1.807, 2.05) is 36.4 Å². The van der Waals surface area contributed by atoms with Crippen LogP contribution in [0.3, 0.4) is 0 Å². The zero-order chi connectivity index (χ0) is 39.6. The molecule has 5 nitrogen and oxygen atoms in total. The maximum absolute atomic E-state index is 14.1. The fourth-order valence-electron chi connectivity index (χ4n) is 5.13. The number of rotatable bonds is 23. The predicted molar refractivity (Wildman–Crippen MR) is 169 cm³/mol. The van der Waals surface area contributed by atoms with Crippen molar-refractivity contribution >= 4 is 0 Å². The van der Waals surface area contributed by atoms with Crippen molar-refractivity contribution in [3.05, 3.63) is 60.4 Å². The Balaban J connectivity index is 1.42. The Morgan fingerprint density at radius 1 is 0.547 bits per heavy atom. The minimum Gasteiger partial charge on any atom is -0.494 e. The Labute approximate surface area is 297 Å². The van der Waals surface area contributed by atoms with Gasteiger partial charge in [0.25, 0.3) is 0 Å². The topological polar surface area (TPSA) is 49.2 Å². The quantitative estimate of drug-likeness (QED) is 0.0710. The van der Waals surface area contributed by atoms with Gasteiger partial charge in [0, 0.05) is 19.2 Å². The summed E-state index contributed by atoms with van der Waals surface area (Å²) in [5.41, 5.74) is 1.98. The number of nitrogens with zero attached hydrogens (tertiary/aromatic N) is 3. The average molecular weight is 782 g/mol. The van der Waals surface area contributed by atoms with Gasteiger partial charge >= 0.3 is 35.8 Å². The highest BCUT2D eigenvalue weighted by Crippen LogP contribution is 2.60. The number of alkyl halides is 13. The van der Waals surface area contributed by atoms with Crippen LogP contribution in [0.1, 0.15) is 76.8 Å². The van der Waals surface area contributed by atoms with Crippen molar-refractivity contribution in [3.8, 4) is 22.6 Å². The molecule has 0 saturated carbocycles. The molecular formula is C35H40F13N3O2. The van der Waals surface area contributed by atoms with Gasteiger partial charge in [0.05, 0.1) is 18.9 Å². The molecule has 0 amide bonds. The third kappa shape index (κ3) is 10.7. The fourth-order valence-corrected chi connectivity index (χ4v) is 5.13. The molecule has 0 unspecified atom stereocenters. The average Bonchev–Trinajstić information content (AvgIpc) is 3.56. The molecule has 0 aliphatic rings. The van der Waals surface area contributed by atoms with E-state index < -0.39 is 48.8 Å². The number of aryl methyl sites for hydroxylation is 2. The number of ether oxygens (including phenoxy) is 2. The number of aromatic nitrogens is 3. The SMILES string of the molecule is CCCCCCCCCCOc1ccc(-c2ccc(OCCCc3cn(CCC(F)(F)C(F)(F)C(F)(F)C(F)(F)C(F)(F)C(F)(F)F)nn3)cc2)cc1. The van der Waals surface area contributed by atoms with Crippen molar-refractivity contribution in [2.75, 3.05) is 13.2 Å². The first kappa shape index (κ1) is 43.7. The van der Waals surface area contributed by atoms with Gasteiger partial charge in [0.1, 0.15) is 11.5 Å². The summed E-state index contributed by atoms with van der Waals surface area (Å²) in [4.78, 5) is 0. The molecule has 0 bridgehead atoms. The van der Waals surface area contributed by atoms with E-state index in [2.05, 4.69) is 17.2 Å². The van der Waals surface area contributed by atoms with Crippen molar-refractivity contribution < 1.29 is 66.5 Å². The number of benzene rings is 2. The maximum atomic E-state index is 14.1. The van der Waals surface area contributed by atoms with Gasteiger partial charge in [-0.15, -0.1) is 5.10 Å². The normalized spacial score (nSPS) is 13.4. The number of unbranched alkanes of at least 4 members (excludes halogenated alkanes) is 7. The molecule has 0 spiro atoms. The molecular weight excluding hydrogens is 741 g/mol. The summed E-state index contributed by atoms with van der Waals surface area (Å²) < 4.78 is 185. The van der Waals surface area contributed by atoms with Crippen molar-refractivity contribution in [2.45, 2.75) is 120 Å². The van der Waals surface area contributed by atoms with E-state index >= 15 is 0 Å². The lowest BCUT2D eigenvalue weighted by molar-refractivity contribution is -0.440. The maximum Gasteiger partial charge on any atom is 0.460 e. The van der Waals surface area contributed by atoms with Crippen molar-refractivity contribution in [2.24, 2.45) is 0 Å². The van der Waals surface area contributed by atoms with E-state index in [9.17, 15) is 57.1 Å². The second-order valence-corrected chi connectivity index (χ2v) is 12.5. The van der Waals surface area contributed by atoms with Crippen LogP contribution in [0.2, 0.25) is 0 Å². The Bertz CT molecular complexity index is 1530. The molecule has 0 atom stereocenters. The van der Waals surface area contributed by atoms with Crippen LogP contribution in [0.25, 0.3) is 11.1 Å². The van der Waals surface area contributed by atoms with Gasteiger partial charge in [-0.25, -0.2) is 0 Å². The molecule has 2 aromatic carbocycles. The lowest BCUT2D eigenvalue weighted by Gasteiger charge is -2.39. The van der Waals surface area contributed by atoms with Crippen molar-refractivity contribution in [1.29, 1.82) is 0 Å². The molecule has 53 heavy (non-hydrogen) atoms. The number of hydrogen-bond donors (Lipinski definition) is 0. The highest BCUT2D eigenvalue weighted by atomic mass is 19.4. The van der Waals surface area contributed by atoms with Crippen LogP contribution in [0, 0.1) is 0 Å². The first-order valence-corrected chi connectivity index (χ1v) is 17.0. The second-order valence-electron chi connectivity index (χ2n) is 12.5. The minimum atomic E-state index is -7.93. The fraction of sp³-hybridized carbons (Fsp3) is 0.600. The summed E-state index contributed by atoms with van der Waals surface area (Å²) >= 11 is 0. The summed E-state index contributed by atoms with van der Waals surface area (Å²) in [6, 6.07) is 14.8. The van der Waals surface area contributed by atoms with Crippen LogP contribution < -0.4 is 9.47 Å². The van der Waals surface area contributed by atoms with Gasteiger partial charge in [-0.2, -0.15) is 57.1 Å². The second kappa shape index (κ2) is 18.1. The molecule has 0 aliphatic carbocycles. The third-order valence-electron chi connectivity index (χ3n) is 8.39. The Hall–Kier alpha value is -3.73. The van der Waals surface area contributed by atoms with Gasteiger partial charge in [-0.3, -0.25) is 4.68 Å². The molecule has 0 N–H and O–H groups in total. The van der Waals surface area contributed by atoms with Crippen molar-refractivity contribution in [3.63, 3.8) is 0 Å². The molecule has 1 heterocycles. The summed E-state index contributed by atoms with van der Waals surface area (Å²) in [5.74, 6) is -35.7. The zero-order valence-electron chi connectivity index (χ0n) is 28.7. The monoisotopic (exact) mass is 781 g/mol. The van der Waals surface area contributed by atoms with Crippen LogP contribution in [0.15, 0.2) is 54.7 Å². The predicted octanol–water partition coefficient (Wildman–Crippen LogP) is 11.6. The van der Waals surface area contributed by atoms with Gasteiger partial charge in [0.15, 0.2) is 0 Å². The van der Waals surface area contributed by atoms with E-state index in [0.717, 1.165) is 35.9 Å². The van der Waals surface area contributed by atoms with Crippen molar-refractivity contribution in [1.82, 2.24) is 15.0 Å². The van der Waals surface area contributed by atoms with E-state index in [0.29, 0.717) is 17.0 Å². The zero-order valence-corrected chi connectivity index (χ0v) is 28.7. The molecule has 0 fully saturated rings. The molecule has 3 aromatic rings. The van der Waals surface area contributed by atoms with Crippen LogP contribution in [-0.4, -0.2) is 64.0 Å². The van der Waals surface area contributed by atoms with Crippen LogP contribution in [0.4, 0.5) is 57.1 Å². The van der Waals surface area contributed by atoms with Gasteiger partial charge in [-0.05, 0) is 54.7 Å². The Morgan fingerprint density at radius 2 is 1.00 bits per heavy atom. The van der Waals surface area contributed by atoms with E-state index in [1.54, 1.807) is 12.1 Å². The third-order valence-corrected chi connectivity index (χ3v) is 8.39. The molecule has 0 radical (unpaired) electrons. The highest BCUT2D eigenvalue weighted by molar-refractivity contribution is 5.64. The summed E-state index contributed by atoms with van der Waals surface area (Å²) in [6.07, 6.45) is 1.20. The van der Waals surface area contributed by atoms with E-state index in [1.165, 1.54) is 38.5 Å². The van der Waals surface area contributed by atoms with Gasteiger partial charge < -0.3 is 9.47 Å². The van der Waals surface area contributed by atoms with E-state index in [-0.39, 0.29) is 25.1 Å². The molecule has 1 aromatic heterocycles. The standard InChI is InChI=1S/C35H40F13N3O2/c1-2-3-4-5-6-7-8-9-22-52-28-16-12-25(13-17-28)26-14-18-29(19-15-26)53-23-10-11-27-24-51(50-49-27)21-20-30(36,37)31(38,39)32(40,41)33(42,43)34(44,45)35(46,47)48/h12-19,24H,2-11,20-23H2,1H3. The number of hydrogen-bond acceptors (Lipinski definition) is 4. The lowest BCUT2D eigenvalue weighted by atomic mass is 9.92. The summed E-state index contributed by atoms with van der Waals surface area (Å²) in [5, 5.41) is 6.92. The molecule has 0 saturated heterocycles. The van der Waals surface area contributed by atoms with Gasteiger partial charge in [-0.1, -0.05) is 81.3 Å². The Morgan fingerprint density at radius 3 is 1.49 bits per heavy atom. The van der Waals surface area contributed by atoms with E-state index in [4.69, 9.17) is 9.47 Å². The summed E-state index contributed by atoms with van der Waals surface area (Å²) in [7, 11) is 0. The molecule has 18 heteroatoms.